The monoisotopic (exact) mass is 238 g/mol. The lowest BCUT2D eigenvalue weighted by molar-refractivity contribution is 0.476. The summed E-state index contributed by atoms with van der Waals surface area (Å²) in [5.74, 6) is 1.18. The zero-order valence-corrected chi connectivity index (χ0v) is 10.1. The van der Waals surface area contributed by atoms with E-state index < -0.39 is 0 Å². The number of benzene rings is 2. The van der Waals surface area contributed by atoms with E-state index in [1.54, 1.807) is 12.1 Å². The molecule has 1 aromatic heterocycles. The van der Waals surface area contributed by atoms with Crippen molar-refractivity contribution in [2.45, 2.75) is 13.3 Å². The van der Waals surface area contributed by atoms with Crippen molar-refractivity contribution in [3.8, 4) is 5.75 Å². The molecule has 0 radical (unpaired) electrons. The highest BCUT2D eigenvalue weighted by atomic mass is 16.3. The molecular weight excluding hydrogens is 224 g/mol. The summed E-state index contributed by atoms with van der Waals surface area (Å²) in [4.78, 5) is 7.75. The lowest BCUT2D eigenvalue weighted by atomic mass is 10.1. The first-order valence-electron chi connectivity index (χ1n) is 5.94. The molecule has 0 aliphatic rings. The van der Waals surface area contributed by atoms with Crippen molar-refractivity contribution in [2.24, 2.45) is 0 Å². The average Bonchev–Trinajstić information content (AvgIpc) is 2.70. The van der Waals surface area contributed by atoms with Crippen LogP contribution in [0.3, 0.4) is 0 Å². The fourth-order valence-electron chi connectivity index (χ4n) is 2.15. The number of aromatic nitrogens is 2. The van der Waals surface area contributed by atoms with Gasteiger partial charge in [0.1, 0.15) is 11.6 Å². The number of rotatable bonds is 2. The van der Waals surface area contributed by atoms with Gasteiger partial charge in [-0.05, 0) is 24.6 Å². The molecule has 0 amide bonds. The maximum absolute atomic E-state index is 9.42. The zero-order chi connectivity index (χ0) is 12.5. The van der Waals surface area contributed by atoms with Gasteiger partial charge in [-0.2, -0.15) is 0 Å². The second-order valence-corrected chi connectivity index (χ2v) is 4.55. The Labute approximate surface area is 105 Å². The molecule has 0 fully saturated rings. The van der Waals surface area contributed by atoms with E-state index in [4.69, 9.17) is 0 Å². The van der Waals surface area contributed by atoms with Crippen LogP contribution in [0.5, 0.6) is 5.75 Å². The fourth-order valence-corrected chi connectivity index (χ4v) is 2.15. The number of H-pyrrole nitrogens is 1. The van der Waals surface area contributed by atoms with Gasteiger partial charge in [0, 0.05) is 12.5 Å². The molecule has 0 aliphatic carbocycles. The van der Waals surface area contributed by atoms with E-state index in [-0.39, 0.29) is 5.75 Å². The third-order valence-corrected chi connectivity index (χ3v) is 2.97. The van der Waals surface area contributed by atoms with E-state index in [2.05, 4.69) is 41.2 Å². The number of imidazole rings is 1. The fraction of sp³-hybridized carbons (Fsp3) is 0.133. The van der Waals surface area contributed by atoms with Gasteiger partial charge in [-0.25, -0.2) is 4.98 Å². The molecule has 3 nitrogen and oxygen atoms in total. The first kappa shape index (κ1) is 10.8. The van der Waals surface area contributed by atoms with Gasteiger partial charge in [0.05, 0.1) is 11.0 Å². The largest absolute Gasteiger partial charge is 0.508 e. The van der Waals surface area contributed by atoms with Crippen molar-refractivity contribution in [3.63, 3.8) is 0 Å². The second kappa shape index (κ2) is 4.18. The first-order valence-corrected chi connectivity index (χ1v) is 5.94. The summed E-state index contributed by atoms with van der Waals surface area (Å²) in [5, 5.41) is 9.42. The van der Waals surface area contributed by atoms with Crippen molar-refractivity contribution >= 4 is 11.0 Å². The highest BCUT2D eigenvalue weighted by Gasteiger charge is 2.04. The predicted molar refractivity (Wildman–Crippen MR) is 71.7 cm³/mol. The van der Waals surface area contributed by atoms with Gasteiger partial charge in [0.15, 0.2) is 0 Å². The van der Waals surface area contributed by atoms with Crippen LogP contribution in [-0.2, 0) is 6.42 Å². The standard InChI is InChI=1S/C15H14N2O/c1-10-3-2-4-11(7-10)8-15-16-13-6-5-12(18)9-14(13)17-15/h2-7,9,18H,8H2,1H3,(H,16,17). The van der Waals surface area contributed by atoms with E-state index >= 15 is 0 Å². The molecule has 3 rings (SSSR count). The molecular formula is C15H14N2O. The Hall–Kier alpha value is -2.29. The van der Waals surface area contributed by atoms with Gasteiger partial charge in [-0.1, -0.05) is 29.8 Å². The van der Waals surface area contributed by atoms with Crippen LogP contribution in [0, 0.1) is 6.92 Å². The number of nitrogens with one attached hydrogen (secondary N) is 1. The van der Waals surface area contributed by atoms with E-state index in [1.807, 2.05) is 6.07 Å². The quantitative estimate of drug-likeness (QED) is 0.720. The van der Waals surface area contributed by atoms with Gasteiger partial charge in [0.2, 0.25) is 0 Å². The molecule has 2 N–H and O–H groups in total. The smallest absolute Gasteiger partial charge is 0.117 e. The molecule has 0 unspecified atom stereocenters. The molecule has 1 heterocycles. The third kappa shape index (κ3) is 2.07. The number of aromatic hydroxyl groups is 1. The SMILES string of the molecule is Cc1cccc(Cc2nc3ccc(O)cc3[nH]2)c1. The van der Waals surface area contributed by atoms with Crippen LogP contribution in [0.25, 0.3) is 11.0 Å². The van der Waals surface area contributed by atoms with Crippen LogP contribution in [-0.4, -0.2) is 15.1 Å². The number of aryl methyl sites for hydroxylation is 1. The van der Waals surface area contributed by atoms with Crippen LogP contribution in [0.2, 0.25) is 0 Å². The molecule has 0 aliphatic heterocycles. The number of fused-ring (bicyclic) bond motifs is 1. The molecule has 0 atom stereocenters. The minimum Gasteiger partial charge on any atom is -0.508 e. The van der Waals surface area contributed by atoms with Gasteiger partial charge in [-0.3, -0.25) is 0 Å². The van der Waals surface area contributed by atoms with Crippen LogP contribution < -0.4 is 0 Å². The Morgan fingerprint density at radius 1 is 1.17 bits per heavy atom. The maximum Gasteiger partial charge on any atom is 0.117 e. The normalized spacial score (nSPS) is 10.9. The van der Waals surface area contributed by atoms with Gasteiger partial charge in [0.25, 0.3) is 0 Å². The molecule has 0 saturated heterocycles. The van der Waals surface area contributed by atoms with Crippen molar-refractivity contribution < 1.29 is 5.11 Å². The van der Waals surface area contributed by atoms with Crippen molar-refractivity contribution in [1.82, 2.24) is 9.97 Å². The minimum atomic E-state index is 0.258. The maximum atomic E-state index is 9.42. The first-order chi connectivity index (χ1) is 8.70. The van der Waals surface area contributed by atoms with Gasteiger partial charge < -0.3 is 10.1 Å². The molecule has 90 valence electrons. The number of phenolic OH excluding ortho intramolecular Hbond substituents is 1. The number of nitrogens with zero attached hydrogens (tertiary/aromatic N) is 1. The minimum absolute atomic E-state index is 0.258. The van der Waals surface area contributed by atoms with E-state index in [0.717, 1.165) is 23.3 Å². The summed E-state index contributed by atoms with van der Waals surface area (Å²) in [6.45, 7) is 2.08. The summed E-state index contributed by atoms with van der Waals surface area (Å²) < 4.78 is 0. The Morgan fingerprint density at radius 2 is 2.06 bits per heavy atom. The Morgan fingerprint density at radius 3 is 2.89 bits per heavy atom. The Kier molecular flexibility index (Phi) is 2.52. The molecule has 2 aromatic carbocycles. The molecule has 18 heavy (non-hydrogen) atoms. The summed E-state index contributed by atoms with van der Waals surface area (Å²) in [6, 6.07) is 13.6. The Balaban J connectivity index is 1.95. The molecule has 0 saturated carbocycles. The Bertz CT molecular complexity index is 701. The predicted octanol–water partition coefficient (Wildman–Crippen LogP) is 3.17. The van der Waals surface area contributed by atoms with Crippen LogP contribution in [0.15, 0.2) is 42.5 Å². The lowest BCUT2D eigenvalue weighted by Crippen LogP contribution is -1.90. The van der Waals surface area contributed by atoms with Crippen LogP contribution in [0.4, 0.5) is 0 Å². The lowest BCUT2D eigenvalue weighted by Gasteiger charge is -1.99. The molecule has 3 aromatic rings. The van der Waals surface area contributed by atoms with E-state index in [0.29, 0.717) is 0 Å². The van der Waals surface area contributed by atoms with E-state index in [1.165, 1.54) is 11.1 Å². The van der Waals surface area contributed by atoms with Crippen LogP contribution in [0.1, 0.15) is 17.0 Å². The second-order valence-electron chi connectivity index (χ2n) is 4.55. The van der Waals surface area contributed by atoms with Crippen molar-refractivity contribution in [3.05, 3.63) is 59.4 Å². The van der Waals surface area contributed by atoms with E-state index in [9.17, 15) is 5.11 Å². The molecule has 0 spiro atoms. The average molecular weight is 238 g/mol. The topological polar surface area (TPSA) is 48.9 Å². The third-order valence-electron chi connectivity index (χ3n) is 2.97. The molecule has 0 bridgehead atoms. The van der Waals surface area contributed by atoms with Crippen molar-refractivity contribution in [1.29, 1.82) is 0 Å². The van der Waals surface area contributed by atoms with Crippen LogP contribution >= 0.6 is 0 Å². The number of hydrogen-bond donors (Lipinski definition) is 2. The number of phenols is 1. The summed E-state index contributed by atoms with van der Waals surface area (Å²) >= 11 is 0. The number of aromatic amines is 1. The van der Waals surface area contributed by atoms with Gasteiger partial charge >= 0.3 is 0 Å². The highest BCUT2D eigenvalue weighted by Crippen LogP contribution is 2.19. The zero-order valence-electron chi connectivity index (χ0n) is 10.1. The summed E-state index contributed by atoms with van der Waals surface area (Å²) in [7, 11) is 0. The van der Waals surface area contributed by atoms with Gasteiger partial charge in [-0.15, -0.1) is 0 Å². The number of hydrogen-bond acceptors (Lipinski definition) is 2. The summed E-state index contributed by atoms with van der Waals surface area (Å²) in [6.07, 6.45) is 0.775. The van der Waals surface area contributed by atoms with Crippen molar-refractivity contribution in [2.75, 3.05) is 0 Å². The molecule has 3 heteroatoms. The highest BCUT2D eigenvalue weighted by molar-refractivity contribution is 5.76. The summed E-state index contributed by atoms with van der Waals surface area (Å²) in [5.41, 5.74) is 4.24.